The molecule has 114 valence electrons. The van der Waals surface area contributed by atoms with Crippen molar-refractivity contribution in [2.75, 3.05) is 13.7 Å². The second kappa shape index (κ2) is 5.67. The van der Waals surface area contributed by atoms with Gasteiger partial charge in [-0.15, -0.1) is 0 Å². The van der Waals surface area contributed by atoms with Crippen molar-refractivity contribution < 1.29 is 14.6 Å². The molecule has 0 radical (unpaired) electrons. The molecule has 0 bridgehead atoms. The summed E-state index contributed by atoms with van der Waals surface area (Å²) in [6.45, 7) is 3.24. The Balaban J connectivity index is 1.85. The van der Waals surface area contributed by atoms with Gasteiger partial charge in [-0.25, -0.2) is 4.98 Å². The van der Waals surface area contributed by atoms with Crippen molar-refractivity contribution in [2.24, 2.45) is 0 Å². The second-order valence-electron chi connectivity index (χ2n) is 5.56. The van der Waals surface area contributed by atoms with Gasteiger partial charge in [0.1, 0.15) is 5.75 Å². The van der Waals surface area contributed by atoms with Gasteiger partial charge in [-0.3, -0.25) is 4.79 Å². The number of hydrogen-bond donors (Lipinski definition) is 1. The van der Waals surface area contributed by atoms with E-state index in [9.17, 15) is 9.90 Å². The molecule has 5 nitrogen and oxygen atoms in total. The molecule has 1 N–H and O–H groups in total. The van der Waals surface area contributed by atoms with E-state index in [-0.39, 0.29) is 17.6 Å². The molecule has 0 saturated carbocycles. The average Bonchev–Trinajstić information content (AvgIpc) is 2.53. The van der Waals surface area contributed by atoms with Crippen molar-refractivity contribution in [1.82, 2.24) is 9.88 Å². The number of amides is 1. The minimum atomic E-state index is -0.0593. The van der Waals surface area contributed by atoms with E-state index < -0.39 is 0 Å². The Morgan fingerprint density at radius 2 is 2.18 bits per heavy atom. The second-order valence-corrected chi connectivity index (χ2v) is 5.56. The number of pyridine rings is 1. The summed E-state index contributed by atoms with van der Waals surface area (Å²) in [7, 11) is 1.54. The number of hydrogen-bond acceptors (Lipinski definition) is 4. The fourth-order valence-electron chi connectivity index (χ4n) is 2.87. The summed E-state index contributed by atoms with van der Waals surface area (Å²) in [6, 6.07) is 8.76. The SMILES string of the molecule is COc1ccc(C(=O)N2Cc3cc(O)ccc3C(C)C2)cn1. The van der Waals surface area contributed by atoms with E-state index in [1.54, 1.807) is 36.3 Å². The zero-order valence-electron chi connectivity index (χ0n) is 12.6. The van der Waals surface area contributed by atoms with Gasteiger partial charge in [-0.2, -0.15) is 0 Å². The van der Waals surface area contributed by atoms with E-state index in [2.05, 4.69) is 11.9 Å². The first-order valence-corrected chi connectivity index (χ1v) is 7.19. The number of phenols is 1. The monoisotopic (exact) mass is 298 g/mol. The number of phenolic OH excluding ortho intramolecular Hbond substituents is 1. The minimum absolute atomic E-state index is 0.0593. The van der Waals surface area contributed by atoms with Crippen LogP contribution in [0.25, 0.3) is 0 Å². The molecule has 1 unspecified atom stereocenters. The Morgan fingerprint density at radius 3 is 2.86 bits per heavy atom. The van der Waals surface area contributed by atoms with Crippen molar-refractivity contribution in [1.29, 1.82) is 0 Å². The first-order valence-electron chi connectivity index (χ1n) is 7.19. The molecule has 1 amide bonds. The van der Waals surface area contributed by atoms with Gasteiger partial charge in [0.05, 0.1) is 12.7 Å². The van der Waals surface area contributed by atoms with Crippen molar-refractivity contribution in [3.8, 4) is 11.6 Å². The fourth-order valence-corrected chi connectivity index (χ4v) is 2.87. The third kappa shape index (κ3) is 2.62. The molecule has 0 fully saturated rings. The van der Waals surface area contributed by atoms with Gasteiger partial charge < -0.3 is 14.7 Å². The number of rotatable bonds is 2. The van der Waals surface area contributed by atoms with E-state index in [0.717, 1.165) is 5.56 Å². The molecule has 1 aromatic heterocycles. The Kier molecular flexibility index (Phi) is 3.71. The van der Waals surface area contributed by atoms with Gasteiger partial charge in [-0.1, -0.05) is 13.0 Å². The summed E-state index contributed by atoms with van der Waals surface area (Å²) in [5.41, 5.74) is 2.72. The lowest BCUT2D eigenvalue weighted by molar-refractivity contribution is 0.0720. The molecule has 2 heterocycles. The molecular formula is C17H18N2O3. The minimum Gasteiger partial charge on any atom is -0.508 e. The first kappa shape index (κ1) is 14.4. The molecule has 22 heavy (non-hydrogen) atoms. The quantitative estimate of drug-likeness (QED) is 0.925. The van der Waals surface area contributed by atoms with Crippen LogP contribution in [0.5, 0.6) is 11.6 Å². The smallest absolute Gasteiger partial charge is 0.255 e. The summed E-state index contributed by atoms with van der Waals surface area (Å²) in [5.74, 6) is 0.890. The number of fused-ring (bicyclic) bond motifs is 1. The Bertz CT molecular complexity index is 698. The van der Waals surface area contributed by atoms with E-state index in [4.69, 9.17) is 4.74 Å². The van der Waals surface area contributed by atoms with Crippen LogP contribution in [0.1, 0.15) is 34.3 Å². The molecule has 5 heteroatoms. The molecule has 1 aliphatic rings. The highest BCUT2D eigenvalue weighted by Crippen LogP contribution is 2.31. The Labute approximate surface area is 129 Å². The molecule has 0 saturated heterocycles. The van der Waals surface area contributed by atoms with E-state index in [0.29, 0.717) is 24.5 Å². The van der Waals surface area contributed by atoms with Gasteiger partial charge in [0, 0.05) is 25.4 Å². The number of aromatic hydroxyl groups is 1. The number of aromatic nitrogens is 1. The molecule has 1 aromatic carbocycles. The number of methoxy groups -OCH3 is 1. The number of nitrogens with zero attached hydrogens (tertiary/aromatic N) is 2. The van der Waals surface area contributed by atoms with Crippen LogP contribution in [0.2, 0.25) is 0 Å². The molecule has 0 spiro atoms. The van der Waals surface area contributed by atoms with Crippen LogP contribution >= 0.6 is 0 Å². The molecule has 0 aliphatic carbocycles. The molecule has 1 aliphatic heterocycles. The van der Waals surface area contributed by atoms with Crippen molar-refractivity contribution in [3.05, 3.63) is 53.2 Å². The number of carbonyl (C=O) groups is 1. The molecule has 1 atom stereocenters. The molecule has 2 aromatic rings. The first-order chi connectivity index (χ1) is 10.6. The van der Waals surface area contributed by atoms with Crippen molar-refractivity contribution >= 4 is 5.91 Å². The van der Waals surface area contributed by atoms with Gasteiger partial charge >= 0.3 is 0 Å². The summed E-state index contributed by atoms with van der Waals surface area (Å²) in [5, 5.41) is 9.65. The third-order valence-corrected chi connectivity index (χ3v) is 3.99. The number of carbonyl (C=O) groups excluding carboxylic acids is 1. The van der Waals surface area contributed by atoms with Crippen LogP contribution in [-0.4, -0.2) is 34.6 Å². The zero-order chi connectivity index (χ0) is 15.7. The maximum Gasteiger partial charge on any atom is 0.255 e. The zero-order valence-corrected chi connectivity index (χ0v) is 12.6. The molecule has 3 rings (SSSR count). The number of benzene rings is 1. The Hall–Kier alpha value is -2.56. The fraction of sp³-hybridized carbons (Fsp3) is 0.294. The largest absolute Gasteiger partial charge is 0.508 e. The van der Waals surface area contributed by atoms with Gasteiger partial charge in [-0.05, 0) is 35.2 Å². The maximum atomic E-state index is 12.6. The van der Waals surface area contributed by atoms with Crippen LogP contribution in [0.3, 0.4) is 0 Å². The summed E-state index contributed by atoms with van der Waals surface area (Å²) in [6.07, 6.45) is 1.53. The molecular weight excluding hydrogens is 280 g/mol. The van der Waals surface area contributed by atoms with E-state index >= 15 is 0 Å². The van der Waals surface area contributed by atoms with Crippen molar-refractivity contribution in [3.63, 3.8) is 0 Å². The van der Waals surface area contributed by atoms with E-state index in [1.807, 2.05) is 6.07 Å². The standard InChI is InChI=1S/C17H18N2O3/c1-11-9-19(10-13-7-14(20)4-5-15(11)13)17(21)12-3-6-16(22-2)18-8-12/h3-8,11,20H,9-10H2,1-2H3. The lowest BCUT2D eigenvalue weighted by Crippen LogP contribution is -2.37. The predicted molar refractivity (Wildman–Crippen MR) is 82.1 cm³/mol. The third-order valence-electron chi connectivity index (χ3n) is 3.99. The van der Waals surface area contributed by atoms with E-state index in [1.165, 1.54) is 11.8 Å². The predicted octanol–water partition coefficient (Wildman–Crippen LogP) is 2.56. The van der Waals surface area contributed by atoms with Crippen LogP contribution in [0.4, 0.5) is 0 Å². The highest BCUT2D eigenvalue weighted by Gasteiger charge is 2.26. The highest BCUT2D eigenvalue weighted by atomic mass is 16.5. The summed E-state index contributed by atoms with van der Waals surface area (Å²) in [4.78, 5) is 18.5. The van der Waals surface area contributed by atoms with Crippen LogP contribution in [-0.2, 0) is 6.54 Å². The normalized spacial score (nSPS) is 17.0. The highest BCUT2D eigenvalue weighted by molar-refractivity contribution is 5.94. The lowest BCUT2D eigenvalue weighted by atomic mass is 9.90. The Morgan fingerprint density at radius 1 is 1.36 bits per heavy atom. The van der Waals surface area contributed by atoms with Gasteiger partial charge in [0.25, 0.3) is 5.91 Å². The van der Waals surface area contributed by atoms with Crippen molar-refractivity contribution in [2.45, 2.75) is 19.4 Å². The summed E-state index contributed by atoms with van der Waals surface area (Å²) < 4.78 is 5.01. The lowest BCUT2D eigenvalue weighted by Gasteiger charge is -2.33. The van der Waals surface area contributed by atoms with Crippen LogP contribution in [0, 0.1) is 0 Å². The topological polar surface area (TPSA) is 62.7 Å². The van der Waals surface area contributed by atoms with Gasteiger partial charge in [0.2, 0.25) is 5.88 Å². The maximum absolute atomic E-state index is 12.6. The van der Waals surface area contributed by atoms with Crippen LogP contribution < -0.4 is 4.74 Å². The average molecular weight is 298 g/mol. The van der Waals surface area contributed by atoms with Crippen LogP contribution in [0.15, 0.2) is 36.5 Å². The van der Waals surface area contributed by atoms with Gasteiger partial charge in [0.15, 0.2) is 0 Å². The number of ether oxygens (including phenoxy) is 1. The summed E-state index contributed by atoms with van der Waals surface area (Å²) >= 11 is 0.